The fraction of sp³-hybridized carbons (Fsp3) is 0.462. The van der Waals surface area contributed by atoms with E-state index in [-0.39, 0.29) is 23.4 Å². The lowest BCUT2D eigenvalue weighted by atomic mass is 10.1. The summed E-state index contributed by atoms with van der Waals surface area (Å²) in [5, 5.41) is 2.96. The van der Waals surface area contributed by atoms with E-state index in [0.29, 0.717) is 19.4 Å². The Hall–Kier alpha value is -2.71. The smallest absolute Gasteiger partial charge is 0.243 e. The van der Waals surface area contributed by atoms with Gasteiger partial charge in [-0.3, -0.25) is 9.59 Å². The molecule has 2 atom stereocenters. The Morgan fingerprint density at radius 1 is 0.971 bits per heavy atom. The van der Waals surface area contributed by atoms with Gasteiger partial charge in [0.1, 0.15) is 6.04 Å². The largest absolute Gasteiger partial charge is 0.352 e. The van der Waals surface area contributed by atoms with E-state index in [1.807, 2.05) is 58.0 Å². The Bertz CT molecular complexity index is 1040. The van der Waals surface area contributed by atoms with Crippen molar-refractivity contribution < 1.29 is 18.0 Å². The summed E-state index contributed by atoms with van der Waals surface area (Å²) < 4.78 is 27.1. The summed E-state index contributed by atoms with van der Waals surface area (Å²) in [6.07, 6.45) is 1.77. The highest BCUT2D eigenvalue weighted by atomic mass is 32.2. The van der Waals surface area contributed by atoms with E-state index < -0.39 is 22.0 Å². The van der Waals surface area contributed by atoms with Crippen molar-refractivity contribution in [3.63, 3.8) is 0 Å². The molecule has 1 N–H and O–H groups in total. The molecular formula is C26H37N3O4S. The van der Waals surface area contributed by atoms with Crippen LogP contribution in [0.1, 0.15) is 44.7 Å². The van der Waals surface area contributed by atoms with Gasteiger partial charge in [-0.2, -0.15) is 4.31 Å². The summed E-state index contributed by atoms with van der Waals surface area (Å²) in [6.45, 7) is 7.60. The van der Waals surface area contributed by atoms with Crippen molar-refractivity contribution >= 4 is 21.8 Å². The van der Waals surface area contributed by atoms with Crippen LogP contribution in [0, 0.1) is 6.92 Å². The third-order valence-corrected chi connectivity index (χ3v) is 7.78. The molecule has 0 radical (unpaired) electrons. The molecule has 2 rings (SSSR count). The van der Waals surface area contributed by atoms with Crippen LogP contribution >= 0.6 is 0 Å². The van der Waals surface area contributed by atoms with Crippen molar-refractivity contribution in [3.8, 4) is 0 Å². The number of hydrogen-bond acceptors (Lipinski definition) is 4. The first kappa shape index (κ1) is 27.5. The molecule has 0 bridgehead atoms. The molecule has 0 saturated heterocycles. The molecule has 0 spiro atoms. The maximum Gasteiger partial charge on any atom is 0.243 e. The Morgan fingerprint density at radius 2 is 1.59 bits per heavy atom. The second kappa shape index (κ2) is 12.7. The molecule has 0 aliphatic rings. The summed E-state index contributed by atoms with van der Waals surface area (Å²) in [6, 6.07) is 15.5. The molecule has 2 amide bonds. The number of sulfonamides is 1. The lowest BCUT2D eigenvalue weighted by Gasteiger charge is -2.32. The molecule has 2 aromatic carbocycles. The minimum Gasteiger partial charge on any atom is -0.352 e. The number of nitrogens with one attached hydrogen (secondary N) is 1. The van der Waals surface area contributed by atoms with Gasteiger partial charge in [0.2, 0.25) is 21.8 Å². The molecule has 34 heavy (non-hydrogen) atoms. The summed E-state index contributed by atoms with van der Waals surface area (Å²) >= 11 is 0. The SMILES string of the molecule is CC[C@H](C)NC(=O)[C@H](CC)N(CCc1ccccc1)C(=O)CN(C)S(=O)(=O)c1ccc(C)cc1. The molecule has 8 heteroatoms. The summed E-state index contributed by atoms with van der Waals surface area (Å²) in [4.78, 5) is 28.1. The van der Waals surface area contributed by atoms with Gasteiger partial charge in [-0.05, 0) is 50.8 Å². The Balaban J connectivity index is 2.25. The first-order chi connectivity index (χ1) is 16.1. The molecular weight excluding hydrogens is 450 g/mol. The second-order valence-corrected chi connectivity index (χ2v) is 10.7. The minimum absolute atomic E-state index is 0.0165. The standard InChI is InChI=1S/C26H37N3O4S/c1-6-21(4)27-26(31)24(7-2)29(18-17-22-11-9-8-10-12-22)25(30)19-28(5)34(32,33)23-15-13-20(3)14-16-23/h8-16,21,24H,6-7,17-19H2,1-5H3,(H,27,31)/t21-,24-/m0/s1. The molecule has 0 aliphatic carbocycles. The maximum absolute atomic E-state index is 13.4. The summed E-state index contributed by atoms with van der Waals surface area (Å²) in [7, 11) is -2.45. The Kier molecular flexibility index (Phi) is 10.3. The van der Waals surface area contributed by atoms with E-state index >= 15 is 0 Å². The Morgan fingerprint density at radius 3 is 2.15 bits per heavy atom. The zero-order valence-electron chi connectivity index (χ0n) is 20.8. The highest BCUT2D eigenvalue weighted by Crippen LogP contribution is 2.16. The second-order valence-electron chi connectivity index (χ2n) is 8.64. The predicted octanol–water partition coefficient (Wildman–Crippen LogP) is 3.38. The number of benzene rings is 2. The fourth-order valence-corrected chi connectivity index (χ4v) is 4.71. The van der Waals surface area contributed by atoms with Gasteiger partial charge in [0.25, 0.3) is 0 Å². The zero-order chi connectivity index (χ0) is 25.3. The monoisotopic (exact) mass is 487 g/mol. The van der Waals surface area contributed by atoms with Crippen LogP contribution in [-0.4, -0.2) is 61.7 Å². The first-order valence-electron chi connectivity index (χ1n) is 11.8. The van der Waals surface area contributed by atoms with Crippen molar-refractivity contribution in [3.05, 3.63) is 65.7 Å². The van der Waals surface area contributed by atoms with Crippen molar-refractivity contribution in [2.24, 2.45) is 0 Å². The normalized spacial score (nSPS) is 13.4. The van der Waals surface area contributed by atoms with Crippen LogP contribution in [-0.2, 0) is 26.0 Å². The lowest BCUT2D eigenvalue weighted by Crippen LogP contribution is -2.53. The predicted molar refractivity (Wildman–Crippen MR) is 135 cm³/mol. The molecule has 0 unspecified atom stereocenters. The van der Waals surface area contributed by atoms with E-state index in [9.17, 15) is 18.0 Å². The van der Waals surface area contributed by atoms with E-state index in [0.717, 1.165) is 21.9 Å². The third-order valence-electron chi connectivity index (χ3n) is 5.96. The van der Waals surface area contributed by atoms with Crippen molar-refractivity contribution in [1.82, 2.24) is 14.5 Å². The highest BCUT2D eigenvalue weighted by Gasteiger charge is 2.31. The topological polar surface area (TPSA) is 86.8 Å². The van der Waals surface area contributed by atoms with Gasteiger partial charge in [-0.15, -0.1) is 0 Å². The minimum atomic E-state index is -3.84. The summed E-state index contributed by atoms with van der Waals surface area (Å²) in [5.74, 6) is -0.623. The van der Waals surface area contributed by atoms with Gasteiger partial charge in [-0.25, -0.2) is 8.42 Å². The fourth-order valence-electron chi connectivity index (χ4n) is 3.59. The van der Waals surface area contributed by atoms with Crippen molar-refractivity contribution in [2.75, 3.05) is 20.1 Å². The van der Waals surface area contributed by atoms with Gasteiger partial charge < -0.3 is 10.2 Å². The van der Waals surface area contributed by atoms with E-state index in [1.54, 1.807) is 12.1 Å². The number of likely N-dealkylation sites (N-methyl/N-ethyl adjacent to an activating group) is 1. The molecule has 0 heterocycles. The van der Waals surface area contributed by atoms with Crippen molar-refractivity contribution in [2.45, 2.75) is 63.9 Å². The lowest BCUT2D eigenvalue weighted by molar-refractivity contribution is -0.141. The molecule has 7 nitrogen and oxygen atoms in total. The number of carbonyl (C=O) groups is 2. The summed E-state index contributed by atoms with van der Waals surface area (Å²) in [5.41, 5.74) is 1.99. The number of nitrogens with zero attached hydrogens (tertiary/aromatic N) is 2. The van der Waals surface area contributed by atoms with Crippen LogP contribution in [0.2, 0.25) is 0 Å². The van der Waals surface area contributed by atoms with E-state index in [4.69, 9.17) is 0 Å². The molecule has 0 fully saturated rings. The number of hydrogen-bond donors (Lipinski definition) is 1. The molecule has 186 valence electrons. The Labute approximate surface area is 204 Å². The molecule has 0 aliphatic heterocycles. The highest BCUT2D eigenvalue weighted by molar-refractivity contribution is 7.89. The van der Waals surface area contributed by atoms with Crippen LogP contribution in [0.15, 0.2) is 59.5 Å². The number of amides is 2. The van der Waals surface area contributed by atoms with E-state index in [2.05, 4.69) is 5.32 Å². The van der Waals surface area contributed by atoms with Crippen molar-refractivity contribution in [1.29, 1.82) is 0 Å². The van der Waals surface area contributed by atoms with Gasteiger partial charge in [0, 0.05) is 19.6 Å². The average molecular weight is 488 g/mol. The number of aryl methyl sites for hydroxylation is 1. The van der Waals surface area contributed by atoms with Gasteiger partial charge in [-0.1, -0.05) is 61.9 Å². The van der Waals surface area contributed by atoms with Gasteiger partial charge in [0.05, 0.1) is 11.4 Å². The molecule has 0 aromatic heterocycles. The van der Waals surface area contributed by atoms with Crippen LogP contribution in [0.25, 0.3) is 0 Å². The maximum atomic E-state index is 13.4. The van der Waals surface area contributed by atoms with Crippen LogP contribution < -0.4 is 5.32 Å². The van der Waals surface area contributed by atoms with Crippen LogP contribution in [0.4, 0.5) is 0 Å². The van der Waals surface area contributed by atoms with Gasteiger partial charge >= 0.3 is 0 Å². The average Bonchev–Trinajstić information content (AvgIpc) is 2.82. The van der Waals surface area contributed by atoms with Crippen LogP contribution in [0.3, 0.4) is 0 Å². The third kappa shape index (κ3) is 7.40. The molecule has 2 aromatic rings. The van der Waals surface area contributed by atoms with Crippen LogP contribution in [0.5, 0.6) is 0 Å². The van der Waals surface area contributed by atoms with E-state index in [1.165, 1.54) is 24.1 Å². The quantitative estimate of drug-likeness (QED) is 0.497. The zero-order valence-corrected chi connectivity index (χ0v) is 21.6. The molecule has 0 saturated carbocycles. The number of carbonyl (C=O) groups excluding carboxylic acids is 2. The number of rotatable bonds is 12. The first-order valence-corrected chi connectivity index (χ1v) is 13.2. The van der Waals surface area contributed by atoms with Gasteiger partial charge in [0.15, 0.2) is 0 Å².